The summed E-state index contributed by atoms with van der Waals surface area (Å²) in [5.74, 6) is 1.17. The van der Waals surface area contributed by atoms with E-state index in [1.165, 1.54) is 12.1 Å². The van der Waals surface area contributed by atoms with E-state index in [9.17, 15) is 8.42 Å². The SMILES string of the molecule is O=S(=O)(c1ccc2c(c1)OCCO2)c1nc(-c2ccc(Cl)cc2)oc1NCCN1CCOCC1. The summed E-state index contributed by atoms with van der Waals surface area (Å²) in [5.41, 5.74) is 0.615. The predicted octanol–water partition coefficient (Wildman–Crippen LogP) is 3.34. The number of oxazole rings is 1. The van der Waals surface area contributed by atoms with Crippen molar-refractivity contribution in [3.63, 3.8) is 0 Å². The van der Waals surface area contributed by atoms with Gasteiger partial charge in [0, 0.05) is 42.8 Å². The van der Waals surface area contributed by atoms with E-state index in [1.54, 1.807) is 30.3 Å². The van der Waals surface area contributed by atoms with Crippen LogP contribution in [0.25, 0.3) is 11.5 Å². The van der Waals surface area contributed by atoms with Crippen molar-refractivity contribution in [2.24, 2.45) is 0 Å². The lowest BCUT2D eigenvalue weighted by molar-refractivity contribution is 0.0398. The van der Waals surface area contributed by atoms with Crippen LogP contribution in [-0.4, -0.2) is 70.9 Å². The maximum absolute atomic E-state index is 13.6. The fourth-order valence-corrected chi connectivity index (χ4v) is 5.19. The lowest BCUT2D eigenvalue weighted by atomic mass is 10.2. The minimum Gasteiger partial charge on any atom is -0.486 e. The van der Waals surface area contributed by atoms with Gasteiger partial charge >= 0.3 is 0 Å². The Bertz CT molecular complexity index is 1260. The van der Waals surface area contributed by atoms with Crippen LogP contribution in [0.3, 0.4) is 0 Å². The summed E-state index contributed by atoms with van der Waals surface area (Å²) in [6, 6.07) is 11.4. The molecule has 2 aromatic carbocycles. The van der Waals surface area contributed by atoms with Crippen LogP contribution in [0, 0.1) is 0 Å². The van der Waals surface area contributed by atoms with E-state index in [1.807, 2.05) is 0 Å². The van der Waals surface area contributed by atoms with Gasteiger partial charge in [-0.15, -0.1) is 0 Å². The second-order valence-corrected chi connectivity index (χ2v) is 10.2. The number of halogens is 1. The van der Waals surface area contributed by atoms with Gasteiger partial charge in [-0.25, -0.2) is 8.42 Å². The number of hydrogen-bond donors (Lipinski definition) is 1. The standard InChI is InChI=1S/C23H24ClN3O6S/c24-17-3-1-16(2-4-17)21-26-23(22(33-21)25-7-8-27-9-11-30-12-10-27)34(28,29)18-5-6-19-20(15-18)32-14-13-31-19/h1-6,15,25H,7-14H2. The molecule has 0 atom stereocenters. The molecular weight excluding hydrogens is 482 g/mol. The first-order valence-electron chi connectivity index (χ1n) is 11.0. The van der Waals surface area contributed by atoms with E-state index in [0.29, 0.717) is 61.6 Å². The molecule has 0 amide bonds. The van der Waals surface area contributed by atoms with Crippen LogP contribution >= 0.6 is 11.6 Å². The average Bonchev–Trinajstić information content (AvgIpc) is 3.30. The van der Waals surface area contributed by atoms with Crippen molar-refractivity contribution in [3.05, 3.63) is 47.5 Å². The van der Waals surface area contributed by atoms with Crippen LogP contribution in [0.5, 0.6) is 11.5 Å². The van der Waals surface area contributed by atoms with Gasteiger partial charge in [0.05, 0.1) is 18.1 Å². The van der Waals surface area contributed by atoms with Crippen LogP contribution in [0.2, 0.25) is 5.02 Å². The zero-order valence-corrected chi connectivity index (χ0v) is 19.9. The van der Waals surface area contributed by atoms with Crippen LogP contribution in [0.15, 0.2) is 56.8 Å². The molecule has 11 heteroatoms. The van der Waals surface area contributed by atoms with Crippen molar-refractivity contribution in [1.82, 2.24) is 9.88 Å². The quantitative estimate of drug-likeness (QED) is 0.517. The molecule has 2 aliphatic heterocycles. The van der Waals surface area contributed by atoms with Crippen molar-refractivity contribution in [2.75, 3.05) is 57.9 Å². The maximum atomic E-state index is 13.6. The molecule has 9 nitrogen and oxygen atoms in total. The van der Waals surface area contributed by atoms with Crippen molar-refractivity contribution in [3.8, 4) is 23.0 Å². The minimum absolute atomic E-state index is 0.0453. The second kappa shape index (κ2) is 9.83. The van der Waals surface area contributed by atoms with Gasteiger partial charge in [-0.2, -0.15) is 4.98 Å². The number of rotatable bonds is 7. The third-order valence-electron chi connectivity index (χ3n) is 5.58. The Kier molecular flexibility index (Phi) is 6.64. The zero-order valence-electron chi connectivity index (χ0n) is 18.3. The number of benzene rings is 2. The Labute approximate surface area is 202 Å². The summed E-state index contributed by atoms with van der Waals surface area (Å²) >= 11 is 5.99. The van der Waals surface area contributed by atoms with Crippen LogP contribution in [-0.2, 0) is 14.6 Å². The lowest BCUT2D eigenvalue weighted by Gasteiger charge is -2.26. The maximum Gasteiger partial charge on any atom is 0.233 e. The molecule has 1 saturated heterocycles. The van der Waals surface area contributed by atoms with E-state index in [2.05, 4.69) is 15.2 Å². The van der Waals surface area contributed by atoms with Gasteiger partial charge in [-0.3, -0.25) is 4.90 Å². The topological polar surface area (TPSA) is 103 Å². The van der Waals surface area contributed by atoms with Gasteiger partial charge in [0.25, 0.3) is 0 Å². The van der Waals surface area contributed by atoms with Gasteiger partial charge in [-0.05, 0) is 36.4 Å². The smallest absolute Gasteiger partial charge is 0.233 e. The summed E-state index contributed by atoms with van der Waals surface area (Å²) in [7, 11) is -4.02. The Balaban J connectivity index is 1.46. The number of nitrogens with one attached hydrogen (secondary N) is 1. The first kappa shape index (κ1) is 23.0. The summed E-state index contributed by atoms with van der Waals surface area (Å²) in [5, 5.41) is 3.50. The van der Waals surface area contributed by atoms with Crippen LogP contribution in [0.4, 0.5) is 5.88 Å². The van der Waals surface area contributed by atoms with Gasteiger partial charge in [-0.1, -0.05) is 11.6 Å². The fourth-order valence-electron chi connectivity index (χ4n) is 3.77. The molecule has 0 unspecified atom stereocenters. The number of fused-ring (bicyclic) bond motifs is 1. The Morgan fingerprint density at radius 2 is 1.71 bits per heavy atom. The highest BCUT2D eigenvalue weighted by molar-refractivity contribution is 7.91. The molecule has 1 fully saturated rings. The molecule has 5 rings (SSSR count). The summed E-state index contributed by atoms with van der Waals surface area (Å²) < 4.78 is 49.6. The molecule has 3 heterocycles. The Morgan fingerprint density at radius 3 is 2.47 bits per heavy atom. The van der Waals surface area contributed by atoms with Crippen molar-refractivity contribution in [2.45, 2.75) is 9.92 Å². The molecule has 0 saturated carbocycles. The van der Waals surface area contributed by atoms with Gasteiger partial charge in [0.15, 0.2) is 11.5 Å². The van der Waals surface area contributed by atoms with E-state index >= 15 is 0 Å². The molecular formula is C23H24ClN3O6S. The third kappa shape index (κ3) is 4.85. The largest absolute Gasteiger partial charge is 0.486 e. The average molecular weight is 506 g/mol. The molecule has 180 valence electrons. The predicted molar refractivity (Wildman–Crippen MR) is 126 cm³/mol. The minimum atomic E-state index is -4.02. The summed E-state index contributed by atoms with van der Waals surface area (Å²) in [6.45, 7) is 5.01. The zero-order chi connectivity index (χ0) is 23.5. The molecule has 1 aromatic heterocycles. The van der Waals surface area contributed by atoms with Gasteiger partial charge in [0.2, 0.25) is 26.6 Å². The van der Waals surface area contributed by atoms with Gasteiger partial charge in [0.1, 0.15) is 13.2 Å². The van der Waals surface area contributed by atoms with E-state index in [4.69, 9.17) is 30.2 Å². The first-order valence-corrected chi connectivity index (χ1v) is 12.8. The number of aromatic nitrogens is 1. The monoisotopic (exact) mass is 505 g/mol. The highest BCUT2D eigenvalue weighted by atomic mass is 35.5. The molecule has 0 radical (unpaired) electrons. The molecule has 2 aliphatic rings. The van der Waals surface area contributed by atoms with Crippen molar-refractivity contribution < 1.29 is 27.0 Å². The fraction of sp³-hybridized carbons (Fsp3) is 0.348. The number of nitrogens with zero attached hydrogens (tertiary/aromatic N) is 2. The lowest BCUT2D eigenvalue weighted by Crippen LogP contribution is -2.39. The molecule has 0 aliphatic carbocycles. The summed E-state index contributed by atoms with van der Waals surface area (Å²) in [4.78, 5) is 6.65. The van der Waals surface area contributed by atoms with Crippen LogP contribution < -0.4 is 14.8 Å². The number of ether oxygens (including phenoxy) is 3. The third-order valence-corrected chi connectivity index (χ3v) is 7.50. The van der Waals surface area contributed by atoms with E-state index < -0.39 is 9.84 Å². The van der Waals surface area contributed by atoms with Crippen LogP contribution in [0.1, 0.15) is 0 Å². The second-order valence-electron chi connectivity index (χ2n) is 7.85. The van der Waals surface area contributed by atoms with Crippen molar-refractivity contribution in [1.29, 1.82) is 0 Å². The Morgan fingerprint density at radius 1 is 0.971 bits per heavy atom. The first-order chi connectivity index (χ1) is 16.5. The highest BCUT2D eigenvalue weighted by Crippen LogP contribution is 2.37. The number of hydrogen-bond acceptors (Lipinski definition) is 9. The molecule has 0 spiro atoms. The normalized spacial score (nSPS) is 16.4. The number of morpholine rings is 1. The molecule has 1 N–H and O–H groups in total. The molecule has 34 heavy (non-hydrogen) atoms. The molecule has 3 aromatic rings. The molecule has 0 bridgehead atoms. The van der Waals surface area contributed by atoms with Gasteiger partial charge < -0.3 is 23.9 Å². The van der Waals surface area contributed by atoms with E-state index in [-0.39, 0.29) is 21.7 Å². The van der Waals surface area contributed by atoms with E-state index in [0.717, 1.165) is 13.1 Å². The Hall–Kier alpha value is -2.79. The number of sulfone groups is 1. The summed E-state index contributed by atoms with van der Waals surface area (Å²) in [6.07, 6.45) is 0. The van der Waals surface area contributed by atoms with Crippen molar-refractivity contribution >= 4 is 27.3 Å². The highest BCUT2D eigenvalue weighted by Gasteiger charge is 2.30. The number of anilines is 1.